The van der Waals surface area contributed by atoms with Crippen LogP contribution < -0.4 is 0 Å². The molecule has 2 heteroatoms. The second kappa shape index (κ2) is 24.9. The Labute approximate surface area is 313 Å². The molecule has 3 aliphatic rings. The minimum absolute atomic E-state index is 0.148. The third kappa shape index (κ3) is 15.5. The van der Waals surface area contributed by atoms with E-state index in [-0.39, 0.29) is 20.7 Å². The van der Waals surface area contributed by atoms with Gasteiger partial charge in [0.05, 0.1) is 0 Å². The van der Waals surface area contributed by atoms with Crippen LogP contribution in [0.25, 0.3) is 0 Å². The summed E-state index contributed by atoms with van der Waals surface area (Å²) < 4.78 is 5.71. The van der Waals surface area contributed by atoms with E-state index in [1.54, 1.807) is 29.3 Å². The van der Waals surface area contributed by atoms with Gasteiger partial charge < -0.3 is 0 Å². The van der Waals surface area contributed by atoms with E-state index >= 15 is 0 Å². The number of halogens is 2. The third-order valence-corrected chi connectivity index (χ3v) is 22.1. The van der Waals surface area contributed by atoms with Gasteiger partial charge in [-0.25, -0.2) is 0 Å². The average Bonchev–Trinajstić information content (AvgIpc) is 3.88. The van der Waals surface area contributed by atoms with Gasteiger partial charge in [-0.2, -0.15) is 0 Å². The Morgan fingerprint density at radius 2 is 1.34 bits per heavy atom. The van der Waals surface area contributed by atoms with Crippen molar-refractivity contribution < 1.29 is 0 Å². The van der Waals surface area contributed by atoms with Gasteiger partial charge in [-0.1, -0.05) is 26.2 Å². The van der Waals surface area contributed by atoms with E-state index < -0.39 is 19.8 Å². The zero-order valence-corrected chi connectivity index (χ0v) is 37.0. The molecule has 1 heterocycles. The topological polar surface area (TPSA) is 0 Å². The zero-order valence-electron chi connectivity index (χ0n) is 32.7. The van der Waals surface area contributed by atoms with Crippen molar-refractivity contribution >= 4 is 44.1 Å². The second-order valence-electron chi connectivity index (χ2n) is 16.4. The van der Waals surface area contributed by atoms with E-state index in [4.69, 9.17) is 6.58 Å². The summed E-state index contributed by atoms with van der Waals surface area (Å²) in [6.45, 7) is 16.9. The number of unbranched alkanes of at least 4 members (excludes halogenated alkanes) is 12. The standard InChI is InChI=1S/C45H82I2/c1-8-11-13-15-16-17-18-20-22-28-37(6)41-34-42(41)44(38-29-24-21-25-30-38)43-33-26-32-40(35-47(43)7)45(46-36(4)5)39(27-10-3)31-23-19-14-12-9-2/h27,36,38,40-44H,6,8-26,28-35H2,1-5,7H3/b39-27+. The summed E-state index contributed by atoms with van der Waals surface area (Å²) >= 11 is -0.900. The summed E-state index contributed by atoms with van der Waals surface area (Å²) in [4.78, 5) is 2.89. The van der Waals surface area contributed by atoms with E-state index in [1.807, 2.05) is 9.08 Å². The Balaban J connectivity index is 1.63. The second-order valence-corrected chi connectivity index (χ2v) is 26.8. The molecule has 1 saturated heterocycles. The van der Waals surface area contributed by atoms with Crippen LogP contribution in [0.1, 0.15) is 202 Å². The number of hydrogen-bond acceptors (Lipinski definition) is 0. The molecule has 0 spiro atoms. The summed E-state index contributed by atoms with van der Waals surface area (Å²) in [6.07, 6.45) is 40.5. The van der Waals surface area contributed by atoms with E-state index in [2.05, 4.69) is 45.6 Å². The van der Waals surface area contributed by atoms with E-state index in [0.29, 0.717) is 0 Å². The van der Waals surface area contributed by atoms with Gasteiger partial charge in [-0.05, 0) is 0 Å². The van der Waals surface area contributed by atoms with Crippen LogP contribution in [-0.4, -0.2) is 20.7 Å². The third-order valence-electron chi connectivity index (χ3n) is 12.0. The van der Waals surface area contributed by atoms with E-state index in [0.717, 1.165) is 37.4 Å². The molecule has 3 rings (SSSR count). The average molecular weight is 877 g/mol. The van der Waals surface area contributed by atoms with Gasteiger partial charge in [-0.15, -0.1) is 0 Å². The monoisotopic (exact) mass is 876 g/mol. The summed E-state index contributed by atoms with van der Waals surface area (Å²) in [6, 6.07) is 0. The number of alkyl halides is 4. The molecular formula is C45H82I2. The quantitative estimate of drug-likeness (QED) is 0.0392. The zero-order chi connectivity index (χ0) is 33.9. The predicted molar refractivity (Wildman–Crippen MR) is 234 cm³/mol. The van der Waals surface area contributed by atoms with Gasteiger partial charge in [0.25, 0.3) is 0 Å². The van der Waals surface area contributed by atoms with Crippen LogP contribution in [0.4, 0.5) is 0 Å². The van der Waals surface area contributed by atoms with Gasteiger partial charge in [0.2, 0.25) is 0 Å². The first-order chi connectivity index (χ1) is 22.9. The molecule has 2 aliphatic carbocycles. The van der Waals surface area contributed by atoms with Crippen molar-refractivity contribution in [2.24, 2.45) is 29.6 Å². The summed E-state index contributed by atoms with van der Waals surface area (Å²) in [5, 5.41) is 0. The summed E-state index contributed by atoms with van der Waals surface area (Å²) in [5.74, 6) is 4.95. The van der Waals surface area contributed by atoms with Crippen molar-refractivity contribution in [1.29, 1.82) is 0 Å². The molecule has 2 saturated carbocycles. The summed E-state index contributed by atoms with van der Waals surface area (Å²) in [7, 11) is 0. The molecule has 0 amide bonds. The van der Waals surface area contributed by atoms with Crippen LogP contribution in [0.2, 0.25) is 0 Å². The summed E-state index contributed by atoms with van der Waals surface area (Å²) in [5.41, 5.74) is 3.53. The molecule has 0 bridgehead atoms. The molecule has 5 atom stereocenters. The SMILES string of the molecule is C=C(CCCCCCCCCCC)C1CC1C(C1CCCCC1)C1CCCC(C(=IC(C)C)/C(=C/CC)CCCCCCC)CI1C. The Kier molecular flexibility index (Phi) is 22.4. The van der Waals surface area contributed by atoms with Crippen LogP contribution in [-0.2, 0) is 0 Å². The molecule has 0 aromatic heterocycles. The number of hydrogen-bond donors (Lipinski definition) is 0. The van der Waals surface area contributed by atoms with Crippen molar-refractivity contribution in [3.8, 4) is 0 Å². The fraction of sp³-hybridized carbons (Fsp3) is 0.889. The normalized spacial score (nSPS) is 26.2. The fourth-order valence-electron chi connectivity index (χ4n) is 9.40. The molecule has 276 valence electrons. The first-order valence-electron chi connectivity index (χ1n) is 21.3. The maximum absolute atomic E-state index is 4.79. The maximum atomic E-state index is 4.79. The van der Waals surface area contributed by atoms with Crippen LogP contribution in [0.3, 0.4) is 0 Å². The van der Waals surface area contributed by atoms with Crippen LogP contribution in [0.15, 0.2) is 23.8 Å². The Morgan fingerprint density at radius 1 is 0.745 bits per heavy atom. The van der Waals surface area contributed by atoms with Crippen molar-refractivity contribution in [3.63, 3.8) is 0 Å². The van der Waals surface area contributed by atoms with Gasteiger partial charge in [0.15, 0.2) is 0 Å². The Hall–Kier alpha value is 0.810. The Bertz CT molecular complexity index is 892. The van der Waals surface area contributed by atoms with Crippen molar-refractivity contribution in [2.45, 2.75) is 209 Å². The number of allylic oxidation sites excluding steroid dienone is 3. The van der Waals surface area contributed by atoms with Crippen molar-refractivity contribution in [1.82, 2.24) is 0 Å². The van der Waals surface area contributed by atoms with Gasteiger partial charge in [-0.3, -0.25) is 0 Å². The Morgan fingerprint density at radius 3 is 1.94 bits per heavy atom. The number of rotatable bonds is 24. The molecule has 0 radical (unpaired) electrons. The van der Waals surface area contributed by atoms with E-state index in [9.17, 15) is 0 Å². The van der Waals surface area contributed by atoms with Crippen LogP contribution >= 0.6 is 40.6 Å². The van der Waals surface area contributed by atoms with Crippen molar-refractivity contribution in [2.75, 3.05) is 9.36 Å². The van der Waals surface area contributed by atoms with Gasteiger partial charge in [0, 0.05) is 0 Å². The predicted octanol–water partition coefficient (Wildman–Crippen LogP) is 15.8. The molecule has 0 nitrogen and oxygen atoms in total. The van der Waals surface area contributed by atoms with Crippen molar-refractivity contribution in [3.05, 3.63) is 23.8 Å². The fourth-order valence-corrected chi connectivity index (χ4v) is 20.8. The van der Waals surface area contributed by atoms with Gasteiger partial charge in [0.1, 0.15) is 0 Å². The molecular weight excluding hydrogens is 794 g/mol. The molecule has 0 N–H and O–H groups in total. The first kappa shape index (κ1) is 42.2. The van der Waals surface area contributed by atoms with E-state index in [1.165, 1.54) is 148 Å². The molecule has 0 aromatic rings. The van der Waals surface area contributed by atoms with Crippen LogP contribution in [0, 0.1) is 29.6 Å². The van der Waals surface area contributed by atoms with Crippen LogP contribution in [0.5, 0.6) is 0 Å². The molecule has 47 heavy (non-hydrogen) atoms. The van der Waals surface area contributed by atoms with Gasteiger partial charge >= 0.3 is 290 Å². The minimum atomic E-state index is -1.05. The molecule has 5 unspecified atom stereocenters. The molecule has 0 aromatic carbocycles. The molecule has 1 aliphatic heterocycles. The molecule has 3 fully saturated rings. The first-order valence-corrected chi connectivity index (χ1v) is 28.6.